The van der Waals surface area contributed by atoms with Crippen LogP contribution in [0.5, 0.6) is 0 Å². The minimum atomic E-state index is -1.27. The molecule has 32 heavy (non-hydrogen) atoms. The van der Waals surface area contributed by atoms with Crippen LogP contribution in [0.4, 0.5) is 5.69 Å². The lowest BCUT2D eigenvalue weighted by atomic mass is 10.0. The number of thiophene rings is 1. The van der Waals surface area contributed by atoms with Crippen molar-refractivity contribution in [3.63, 3.8) is 0 Å². The highest BCUT2D eigenvalue weighted by molar-refractivity contribution is 7.87. The first kappa shape index (κ1) is 20.7. The number of aromatic nitrogens is 5. The Bertz CT molecular complexity index is 1480. The summed E-state index contributed by atoms with van der Waals surface area (Å²) in [5.41, 5.74) is 12.1. The molecular weight excluding hydrogens is 444 g/mol. The molecule has 0 fully saturated rings. The average Bonchev–Trinajstić information content (AvgIpc) is 3.39. The molecular formula is C22H20N6O2S2. The van der Waals surface area contributed by atoms with Crippen molar-refractivity contribution in [2.45, 2.75) is 4.21 Å². The number of nitrogens with zero attached hydrogens (tertiary/aromatic N) is 5. The third-order valence-electron chi connectivity index (χ3n) is 5.21. The average molecular weight is 465 g/mol. The Kier molecular flexibility index (Phi) is 5.41. The fourth-order valence-electron chi connectivity index (χ4n) is 3.63. The Labute approximate surface area is 190 Å². The van der Waals surface area contributed by atoms with Crippen LogP contribution in [-0.2, 0) is 22.6 Å². The molecule has 0 aliphatic heterocycles. The van der Waals surface area contributed by atoms with Crippen LogP contribution < -0.4 is 5.73 Å². The normalized spacial score (nSPS) is 12.6. The van der Waals surface area contributed by atoms with Crippen LogP contribution in [0.15, 0.2) is 53.1 Å². The maximum atomic E-state index is 12.9. The zero-order valence-electron chi connectivity index (χ0n) is 17.5. The van der Waals surface area contributed by atoms with Gasteiger partial charge in [0.1, 0.15) is 9.04 Å². The molecule has 0 saturated heterocycles. The van der Waals surface area contributed by atoms with Crippen LogP contribution in [0.25, 0.3) is 43.8 Å². The lowest BCUT2D eigenvalue weighted by Crippen LogP contribution is -2.04. The molecule has 1 unspecified atom stereocenters. The first-order chi connectivity index (χ1) is 15.6. The number of fused-ring (bicyclic) bond motifs is 2. The van der Waals surface area contributed by atoms with E-state index >= 15 is 0 Å². The Morgan fingerprint density at radius 3 is 2.69 bits per heavy atom. The molecule has 0 spiro atoms. The number of nitrogens with two attached hydrogens (primary N) is 1. The maximum absolute atomic E-state index is 12.9. The third kappa shape index (κ3) is 3.56. The van der Waals surface area contributed by atoms with E-state index in [2.05, 4.69) is 15.1 Å². The van der Waals surface area contributed by atoms with E-state index in [0.29, 0.717) is 22.3 Å². The fraction of sp³-hybridized carbons (Fsp3) is 0.182. The summed E-state index contributed by atoms with van der Waals surface area (Å²) >= 11 is 1.36. The van der Waals surface area contributed by atoms with E-state index in [1.807, 2.05) is 37.4 Å². The summed E-state index contributed by atoms with van der Waals surface area (Å²) in [4.78, 5) is 14.4. The number of benzene rings is 1. The molecule has 10 heteroatoms. The van der Waals surface area contributed by atoms with Gasteiger partial charge in [0.25, 0.3) is 0 Å². The highest BCUT2D eigenvalue weighted by Gasteiger charge is 2.22. The molecule has 0 saturated carbocycles. The van der Waals surface area contributed by atoms with E-state index in [4.69, 9.17) is 15.5 Å². The molecule has 4 aromatic heterocycles. The van der Waals surface area contributed by atoms with Gasteiger partial charge in [-0.1, -0.05) is 6.07 Å². The van der Waals surface area contributed by atoms with Crippen LogP contribution in [-0.4, -0.2) is 48.4 Å². The number of hydrogen-bond acceptors (Lipinski definition) is 8. The summed E-state index contributed by atoms with van der Waals surface area (Å²) in [5.74, 6) is 0.380. The van der Waals surface area contributed by atoms with Gasteiger partial charge < -0.3 is 10.5 Å². The molecule has 2 N–H and O–H groups in total. The Hall–Kier alpha value is -3.21. The molecule has 0 aliphatic rings. The van der Waals surface area contributed by atoms with Crippen LogP contribution in [0.1, 0.15) is 0 Å². The topological polar surface area (TPSA) is 109 Å². The number of nitrogen functional groups attached to an aromatic ring is 1. The lowest BCUT2D eigenvalue weighted by Gasteiger charge is -2.09. The molecule has 5 rings (SSSR count). The summed E-state index contributed by atoms with van der Waals surface area (Å²) in [5, 5.41) is 5.11. The van der Waals surface area contributed by atoms with Crippen molar-refractivity contribution in [2.75, 3.05) is 25.2 Å². The van der Waals surface area contributed by atoms with E-state index in [9.17, 15) is 4.21 Å². The van der Waals surface area contributed by atoms with Crippen LogP contribution in [0, 0.1) is 0 Å². The number of pyridine rings is 1. The van der Waals surface area contributed by atoms with Gasteiger partial charge in [0, 0.05) is 49.3 Å². The molecule has 0 amide bonds. The number of ether oxygens (including phenoxy) is 1. The highest BCUT2D eigenvalue weighted by atomic mass is 32.2. The van der Waals surface area contributed by atoms with Crippen LogP contribution >= 0.6 is 11.3 Å². The number of rotatable bonds is 6. The molecule has 4 heterocycles. The second kappa shape index (κ2) is 8.38. The minimum Gasteiger partial charge on any atom is -0.396 e. The predicted octanol–water partition coefficient (Wildman–Crippen LogP) is 3.64. The minimum absolute atomic E-state index is 0.380. The van der Waals surface area contributed by atoms with Crippen molar-refractivity contribution in [2.24, 2.45) is 7.05 Å². The number of anilines is 1. The Morgan fingerprint density at radius 2 is 1.94 bits per heavy atom. The predicted molar refractivity (Wildman–Crippen MR) is 128 cm³/mol. The first-order valence-electron chi connectivity index (χ1n) is 9.86. The Balaban J connectivity index is 1.74. The van der Waals surface area contributed by atoms with Crippen molar-refractivity contribution >= 4 is 49.1 Å². The number of aryl methyl sites for hydroxylation is 1. The zero-order chi connectivity index (χ0) is 22.2. The summed E-state index contributed by atoms with van der Waals surface area (Å²) < 4.78 is 20.4. The summed E-state index contributed by atoms with van der Waals surface area (Å²) in [6, 6.07) is 9.82. The van der Waals surface area contributed by atoms with E-state index in [1.165, 1.54) is 11.3 Å². The quantitative estimate of drug-likeness (QED) is 0.409. The number of methoxy groups -OCH3 is 1. The van der Waals surface area contributed by atoms with Gasteiger partial charge in [-0.3, -0.25) is 18.9 Å². The van der Waals surface area contributed by atoms with Crippen LogP contribution in [0.2, 0.25) is 0 Å². The third-order valence-corrected chi connectivity index (χ3v) is 8.08. The van der Waals surface area contributed by atoms with Crippen molar-refractivity contribution in [1.82, 2.24) is 24.7 Å². The van der Waals surface area contributed by atoms with E-state index in [1.54, 1.807) is 30.4 Å². The van der Waals surface area contributed by atoms with Crippen molar-refractivity contribution in [3.8, 4) is 22.5 Å². The van der Waals surface area contributed by atoms with Crippen molar-refractivity contribution < 1.29 is 8.95 Å². The van der Waals surface area contributed by atoms with Gasteiger partial charge in [-0.25, -0.2) is 4.98 Å². The van der Waals surface area contributed by atoms with Gasteiger partial charge in [-0.2, -0.15) is 5.10 Å². The molecule has 8 nitrogen and oxygen atoms in total. The maximum Gasteiger partial charge on any atom is 0.127 e. The summed E-state index contributed by atoms with van der Waals surface area (Å²) in [6.07, 6.45) is 5.09. The monoisotopic (exact) mass is 464 g/mol. The molecule has 1 aromatic carbocycles. The van der Waals surface area contributed by atoms with Gasteiger partial charge in [0.05, 0.1) is 51.3 Å². The standard InChI is InChI=1S/C22H20N6O2S2/c1-28-18(5-6-26-28)14-12-16(13-3-4-15-17(11-13)25-8-7-24-15)27-21-19(14)20(23)22(31-21)32(29)10-9-30-2/h3-8,11-12H,9-10,23H2,1-2H3. The van der Waals surface area contributed by atoms with Crippen molar-refractivity contribution in [1.29, 1.82) is 0 Å². The smallest absolute Gasteiger partial charge is 0.127 e. The van der Waals surface area contributed by atoms with E-state index in [-0.39, 0.29) is 0 Å². The first-order valence-corrected chi connectivity index (χ1v) is 12.0. The SMILES string of the molecule is COCCS(=O)c1sc2nc(-c3ccc4nccnc4c3)cc(-c3ccnn3C)c2c1N. The second-order valence-electron chi connectivity index (χ2n) is 7.18. The largest absolute Gasteiger partial charge is 0.396 e. The molecule has 1 atom stereocenters. The van der Waals surface area contributed by atoms with E-state index in [0.717, 1.165) is 43.8 Å². The lowest BCUT2D eigenvalue weighted by molar-refractivity contribution is 0.218. The molecule has 162 valence electrons. The van der Waals surface area contributed by atoms with Gasteiger partial charge in [-0.05, 0) is 24.3 Å². The number of hydrogen-bond donors (Lipinski definition) is 1. The van der Waals surface area contributed by atoms with E-state index < -0.39 is 10.8 Å². The molecule has 0 radical (unpaired) electrons. The zero-order valence-corrected chi connectivity index (χ0v) is 19.1. The van der Waals surface area contributed by atoms with Crippen molar-refractivity contribution in [3.05, 3.63) is 48.9 Å². The second-order valence-corrected chi connectivity index (χ2v) is 9.95. The van der Waals surface area contributed by atoms with Gasteiger partial charge in [0.15, 0.2) is 0 Å². The van der Waals surface area contributed by atoms with Crippen LogP contribution in [0.3, 0.4) is 0 Å². The highest BCUT2D eigenvalue weighted by Crippen LogP contribution is 2.42. The summed E-state index contributed by atoms with van der Waals surface area (Å²) in [7, 11) is 2.20. The molecule has 0 bridgehead atoms. The van der Waals surface area contributed by atoms with Gasteiger partial charge in [-0.15, -0.1) is 11.3 Å². The summed E-state index contributed by atoms with van der Waals surface area (Å²) in [6.45, 7) is 0.395. The van der Waals surface area contributed by atoms with Gasteiger partial charge in [0.2, 0.25) is 0 Å². The molecule has 5 aromatic rings. The molecule has 0 aliphatic carbocycles. The van der Waals surface area contributed by atoms with Gasteiger partial charge >= 0.3 is 0 Å². The fourth-order valence-corrected chi connectivity index (χ4v) is 6.20. The Morgan fingerprint density at radius 1 is 1.12 bits per heavy atom.